The summed E-state index contributed by atoms with van der Waals surface area (Å²) in [6, 6.07) is 0. The molecule has 1 heterocycles. The molecule has 2 fully saturated rings. The second-order valence-electron chi connectivity index (χ2n) is 3.89. The lowest BCUT2D eigenvalue weighted by molar-refractivity contribution is -0.139. The van der Waals surface area contributed by atoms with E-state index in [1.807, 2.05) is 0 Å². The molecule has 1 saturated heterocycles. The van der Waals surface area contributed by atoms with Crippen LogP contribution in [0.15, 0.2) is 0 Å². The fraction of sp³-hybridized carbons (Fsp3) is 0.778. The molecule has 14 heavy (non-hydrogen) atoms. The normalized spacial score (nSPS) is 31.1. The first-order valence-electron chi connectivity index (χ1n) is 4.84. The van der Waals surface area contributed by atoms with Crippen LogP contribution < -0.4 is 0 Å². The van der Waals surface area contributed by atoms with Gasteiger partial charge in [-0.3, -0.25) is 9.69 Å². The van der Waals surface area contributed by atoms with Gasteiger partial charge in [-0.2, -0.15) is 0 Å². The van der Waals surface area contributed by atoms with Crippen molar-refractivity contribution in [3.05, 3.63) is 0 Å². The minimum absolute atomic E-state index is 0.0348. The van der Waals surface area contributed by atoms with Crippen molar-refractivity contribution in [2.45, 2.75) is 25.4 Å². The lowest BCUT2D eigenvalue weighted by Crippen LogP contribution is -2.47. The molecule has 5 heteroatoms. The number of rotatable bonds is 2. The third-order valence-corrected chi connectivity index (χ3v) is 2.88. The average Bonchev–Trinajstić information content (AvgIpc) is 2.51. The number of ether oxygens (including phenoxy) is 1. The lowest BCUT2D eigenvalue weighted by atomic mass is 10.0. The first-order chi connectivity index (χ1) is 6.66. The number of hydrogen-bond donors (Lipinski definition) is 1. The summed E-state index contributed by atoms with van der Waals surface area (Å²) < 4.78 is 5.15. The van der Waals surface area contributed by atoms with E-state index in [-0.39, 0.29) is 12.6 Å². The van der Waals surface area contributed by atoms with Crippen LogP contribution in [0.1, 0.15) is 19.3 Å². The minimum atomic E-state index is -0.988. The van der Waals surface area contributed by atoms with E-state index >= 15 is 0 Å². The second kappa shape index (κ2) is 3.48. The molecule has 0 bridgehead atoms. The number of carboxylic acids is 1. The van der Waals surface area contributed by atoms with Crippen LogP contribution in [0.25, 0.3) is 0 Å². The molecule has 5 nitrogen and oxygen atoms in total. The zero-order valence-corrected chi connectivity index (χ0v) is 7.81. The molecule has 0 spiro atoms. The molecular formula is C9H13NO4. The fourth-order valence-corrected chi connectivity index (χ4v) is 2.22. The van der Waals surface area contributed by atoms with Gasteiger partial charge in [0.15, 0.2) is 0 Å². The highest BCUT2D eigenvalue weighted by Crippen LogP contribution is 2.32. The number of carbonyl (C=O) groups excluding carboxylic acids is 1. The number of fused-ring (bicyclic) bond motifs is 1. The average molecular weight is 199 g/mol. The summed E-state index contributed by atoms with van der Waals surface area (Å²) in [5.74, 6) is -0.648. The molecule has 0 aromatic rings. The Kier molecular flexibility index (Phi) is 2.31. The predicted molar refractivity (Wildman–Crippen MR) is 46.8 cm³/mol. The Morgan fingerprint density at radius 3 is 3.07 bits per heavy atom. The van der Waals surface area contributed by atoms with Gasteiger partial charge in [-0.15, -0.1) is 0 Å². The van der Waals surface area contributed by atoms with Gasteiger partial charge in [0.1, 0.15) is 12.6 Å². The van der Waals surface area contributed by atoms with Gasteiger partial charge in [-0.05, 0) is 19.3 Å². The summed E-state index contributed by atoms with van der Waals surface area (Å²) in [5.41, 5.74) is 0. The first-order valence-corrected chi connectivity index (χ1v) is 4.84. The molecule has 1 saturated carbocycles. The highest BCUT2D eigenvalue weighted by molar-refractivity contribution is 5.77. The van der Waals surface area contributed by atoms with E-state index in [0.29, 0.717) is 12.5 Å². The van der Waals surface area contributed by atoms with Crippen LogP contribution in [0.2, 0.25) is 0 Å². The number of amides is 1. The molecule has 0 aromatic carbocycles. The van der Waals surface area contributed by atoms with E-state index in [1.165, 1.54) is 4.90 Å². The summed E-state index contributed by atoms with van der Waals surface area (Å²) in [5, 5.41) is 8.57. The highest BCUT2D eigenvalue weighted by atomic mass is 16.6. The van der Waals surface area contributed by atoms with E-state index < -0.39 is 12.1 Å². The maximum Gasteiger partial charge on any atom is 0.410 e. The molecular weight excluding hydrogens is 186 g/mol. The van der Waals surface area contributed by atoms with E-state index in [2.05, 4.69) is 0 Å². The summed E-state index contributed by atoms with van der Waals surface area (Å²) in [6.45, 7) is 0.290. The van der Waals surface area contributed by atoms with Gasteiger partial charge in [-0.25, -0.2) is 4.79 Å². The number of aliphatic carboxylic acids is 1. The Morgan fingerprint density at radius 2 is 2.36 bits per heavy atom. The molecule has 1 aliphatic carbocycles. The van der Waals surface area contributed by atoms with Crippen LogP contribution in [0.3, 0.4) is 0 Å². The molecule has 1 N–H and O–H groups in total. The van der Waals surface area contributed by atoms with Crippen molar-refractivity contribution in [3.8, 4) is 0 Å². The van der Waals surface area contributed by atoms with Gasteiger partial charge < -0.3 is 9.84 Å². The molecule has 2 atom stereocenters. The number of nitrogens with zero attached hydrogens (tertiary/aromatic N) is 1. The smallest absolute Gasteiger partial charge is 0.410 e. The molecule has 0 aromatic heterocycles. The van der Waals surface area contributed by atoms with Gasteiger partial charge in [0.2, 0.25) is 0 Å². The Balaban J connectivity index is 1.99. The third-order valence-electron chi connectivity index (χ3n) is 2.88. The molecule has 1 aliphatic heterocycles. The standard InChI is InChI=1S/C9H13NO4/c11-8(12)5-10-4-6-2-1-3-7(6)14-9(10)13/h6-7H,1-5H2,(H,11,12). The van der Waals surface area contributed by atoms with Crippen molar-refractivity contribution >= 4 is 12.1 Å². The Bertz CT molecular complexity index is 266. The van der Waals surface area contributed by atoms with Crippen LogP contribution in [0.4, 0.5) is 4.79 Å². The maximum atomic E-state index is 11.3. The van der Waals surface area contributed by atoms with Gasteiger partial charge in [0, 0.05) is 12.5 Å². The molecule has 2 aliphatic rings. The van der Waals surface area contributed by atoms with Crippen molar-refractivity contribution in [1.82, 2.24) is 4.90 Å². The monoisotopic (exact) mass is 199 g/mol. The van der Waals surface area contributed by atoms with Crippen molar-refractivity contribution < 1.29 is 19.4 Å². The van der Waals surface area contributed by atoms with Gasteiger partial charge in [0.25, 0.3) is 0 Å². The Hall–Kier alpha value is -1.26. The number of hydrogen-bond acceptors (Lipinski definition) is 3. The van der Waals surface area contributed by atoms with Crippen molar-refractivity contribution in [1.29, 1.82) is 0 Å². The number of carboxylic acid groups (broad SMARTS) is 1. The van der Waals surface area contributed by atoms with E-state index in [0.717, 1.165) is 19.3 Å². The van der Waals surface area contributed by atoms with E-state index in [4.69, 9.17) is 9.84 Å². The largest absolute Gasteiger partial charge is 0.480 e. The maximum absolute atomic E-state index is 11.3. The fourth-order valence-electron chi connectivity index (χ4n) is 2.22. The summed E-state index contributed by atoms with van der Waals surface area (Å²) in [6.07, 6.45) is 2.60. The zero-order chi connectivity index (χ0) is 10.1. The topological polar surface area (TPSA) is 66.8 Å². The molecule has 1 amide bonds. The summed E-state index contributed by atoms with van der Waals surface area (Å²) in [7, 11) is 0. The lowest BCUT2D eigenvalue weighted by Gasteiger charge is -2.33. The highest BCUT2D eigenvalue weighted by Gasteiger charge is 2.38. The second-order valence-corrected chi connectivity index (χ2v) is 3.89. The zero-order valence-electron chi connectivity index (χ0n) is 7.81. The molecule has 78 valence electrons. The third kappa shape index (κ3) is 1.66. The van der Waals surface area contributed by atoms with Crippen LogP contribution in [-0.2, 0) is 9.53 Å². The first kappa shape index (κ1) is 9.30. The molecule has 2 rings (SSSR count). The molecule has 2 unspecified atom stereocenters. The van der Waals surface area contributed by atoms with Crippen molar-refractivity contribution in [3.63, 3.8) is 0 Å². The summed E-state index contributed by atoms with van der Waals surface area (Å²) in [4.78, 5) is 23.0. The van der Waals surface area contributed by atoms with Crippen molar-refractivity contribution in [2.24, 2.45) is 5.92 Å². The molecule has 0 radical (unpaired) electrons. The van der Waals surface area contributed by atoms with Crippen LogP contribution in [-0.4, -0.2) is 41.3 Å². The van der Waals surface area contributed by atoms with E-state index in [9.17, 15) is 9.59 Å². The van der Waals surface area contributed by atoms with Gasteiger partial charge in [-0.1, -0.05) is 0 Å². The SMILES string of the molecule is O=C(O)CN1CC2CCCC2OC1=O. The number of carbonyl (C=O) groups is 2. The summed E-state index contributed by atoms with van der Waals surface area (Å²) >= 11 is 0. The van der Waals surface area contributed by atoms with Crippen LogP contribution >= 0.6 is 0 Å². The predicted octanol–water partition coefficient (Wildman–Crippen LogP) is 0.692. The quantitative estimate of drug-likeness (QED) is 0.710. The Morgan fingerprint density at radius 1 is 1.57 bits per heavy atom. The van der Waals surface area contributed by atoms with Crippen LogP contribution in [0.5, 0.6) is 0 Å². The minimum Gasteiger partial charge on any atom is -0.480 e. The Labute approximate surface area is 81.6 Å². The van der Waals surface area contributed by atoms with Crippen LogP contribution in [0, 0.1) is 5.92 Å². The van der Waals surface area contributed by atoms with Gasteiger partial charge in [0.05, 0.1) is 0 Å². The van der Waals surface area contributed by atoms with Crippen molar-refractivity contribution in [2.75, 3.05) is 13.1 Å². The van der Waals surface area contributed by atoms with Gasteiger partial charge >= 0.3 is 12.1 Å². The van der Waals surface area contributed by atoms with E-state index in [1.54, 1.807) is 0 Å².